The number of thiophene rings is 1. The third-order valence-corrected chi connectivity index (χ3v) is 3.41. The highest BCUT2D eigenvalue weighted by Crippen LogP contribution is 2.27. The van der Waals surface area contributed by atoms with Crippen LogP contribution in [0.2, 0.25) is 0 Å². The first-order chi connectivity index (χ1) is 7.68. The van der Waals surface area contributed by atoms with Crippen molar-refractivity contribution < 1.29 is 0 Å². The van der Waals surface area contributed by atoms with Crippen molar-refractivity contribution in [1.29, 1.82) is 0 Å². The lowest BCUT2D eigenvalue weighted by Gasteiger charge is -2.11. The van der Waals surface area contributed by atoms with E-state index in [1.54, 1.807) is 17.7 Å². The van der Waals surface area contributed by atoms with Crippen LogP contribution < -0.4 is 5.32 Å². The van der Waals surface area contributed by atoms with Gasteiger partial charge in [-0.1, -0.05) is 0 Å². The van der Waals surface area contributed by atoms with Gasteiger partial charge in [0.05, 0.1) is 5.39 Å². The Morgan fingerprint density at radius 2 is 2.19 bits per heavy atom. The van der Waals surface area contributed by atoms with Gasteiger partial charge in [-0.15, -0.1) is 11.3 Å². The molecule has 0 aromatic carbocycles. The van der Waals surface area contributed by atoms with Gasteiger partial charge in [-0.05, 0) is 32.0 Å². The molecule has 0 amide bonds. The molecule has 0 bridgehead atoms. The number of aryl methyl sites for hydroxylation is 1. The number of aromatic nitrogens is 2. The zero-order chi connectivity index (χ0) is 11.5. The summed E-state index contributed by atoms with van der Waals surface area (Å²) in [6, 6.07) is 0. The highest BCUT2D eigenvalue weighted by Gasteiger charge is 2.07. The lowest BCUT2D eigenvalue weighted by atomic mass is 10.2. The second kappa shape index (κ2) is 4.76. The van der Waals surface area contributed by atoms with Crippen molar-refractivity contribution in [3.05, 3.63) is 17.3 Å². The van der Waals surface area contributed by atoms with Crippen LogP contribution >= 0.6 is 11.3 Å². The second-order valence-corrected chi connectivity index (χ2v) is 4.91. The average Bonchev–Trinajstić information content (AvgIpc) is 2.61. The fraction of sp³-hybridized carbons (Fsp3) is 0.455. The van der Waals surface area contributed by atoms with Crippen molar-refractivity contribution in [3.8, 4) is 0 Å². The topological polar surface area (TPSA) is 41.1 Å². The van der Waals surface area contributed by atoms with Gasteiger partial charge in [-0.25, -0.2) is 9.97 Å². The molecule has 0 saturated heterocycles. The number of anilines is 1. The Morgan fingerprint density at radius 3 is 2.94 bits per heavy atom. The van der Waals surface area contributed by atoms with Crippen LogP contribution in [0.15, 0.2) is 11.7 Å². The Balaban J connectivity index is 2.20. The van der Waals surface area contributed by atoms with Gasteiger partial charge in [0.25, 0.3) is 0 Å². The zero-order valence-electron chi connectivity index (χ0n) is 9.82. The summed E-state index contributed by atoms with van der Waals surface area (Å²) in [6.07, 6.45) is 1.62. The number of hydrogen-bond donors (Lipinski definition) is 1. The minimum absolute atomic E-state index is 0.897. The van der Waals surface area contributed by atoms with E-state index in [1.165, 1.54) is 5.56 Å². The molecule has 16 heavy (non-hydrogen) atoms. The zero-order valence-corrected chi connectivity index (χ0v) is 10.6. The van der Waals surface area contributed by atoms with Gasteiger partial charge in [-0.2, -0.15) is 0 Å². The van der Waals surface area contributed by atoms with Crippen molar-refractivity contribution in [3.63, 3.8) is 0 Å². The summed E-state index contributed by atoms with van der Waals surface area (Å²) in [5, 5.41) is 6.64. The Labute approximate surface area is 99.3 Å². The maximum atomic E-state index is 4.30. The van der Waals surface area contributed by atoms with Crippen LogP contribution in [0.5, 0.6) is 0 Å². The number of likely N-dealkylation sites (N-methyl/N-ethyl adjacent to an activating group) is 1. The highest BCUT2D eigenvalue weighted by atomic mass is 32.1. The minimum atomic E-state index is 0.897. The van der Waals surface area contributed by atoms with Crippen LogP contribution in [0.25, 0.3) is 10.2 Å². The molecule has 1 N–H and O–H groups in total. The van der Waals surface area contributed by atoms with Crippen LogP contribution in [0.3, 0.4) is 0 Å². The van der Waals surface area contributed by atoms with Crippen LogP contribution in [-0.4, -0.2) is 42.1 Å². The number of nitrogens with zero attached hydrogens (tertiary/aromatic N) is 3. The molecule has 86 valence electrons. The summed E-state index contributed by atoms with van der Waals surface area (Å²) in [7, 11) is 4.13. The first-order valence-corrected chi connectivity index (χ1v) is 6.14. The molecular weight excluding hydrogens is 220 g/mol. The molecule has 0 radical (unpaired) electrons. The SMILES string of the molecule is Cc1csc2ncnc(NCCN(C)C)c12. The summed E-state index contributed by atoms with van der Waals surface area (Å²) in [5.41, 5.74) is 1.24. The van der Waals surface area contributed by atoms with Gasteiger partial charge >= 0.3 is 0 Å². The molecule has 2 aromatic rings. The fourth-order valence-electron chi connectivity index (χ4n) is 1.55. The second-order valence-electron chi connectivity index (χ2n) is 4.05. The largest absolute Gasteiger partial charge is 0.368 e. The average molecular weight is 236 g/mol. The molecule has 0 spiro atoms. The molecule has 0 unspecified atom stereocenters. The van der Waals surface area contributed by atoms with Crippen molar-refractivity contribution >= 4 is 27.4 Å². The van der Waals surface area contributed by atoms with Gasteiger partial charge in [0.1, 0.15) is 17.0 Å². The number of hydrogen-bond acceptors (Lipinski definition) is 5. The molecule has 2 heterocycles. The van der Waals surface area contributed by atoms with Crippen LogP contribution in [0.4, 0.5) is 5.82 Å². The van der Waals surface area contributed by atoms with Crippen molar-refractivity contribution in [2.75, 3.05) is 32.5 Å². The standard InChI is InChI=1S/C11H16N4S/c1-8-6-16-11-9(8)10(13-7-14-11)12-4-5-15(2)3/h6-7H,4-5H2,1-3H3,(H,12,13,14). The van der Waals surface area contributed by atoms with Crippen molar-refractivity contribution in [2.45, 2.75) is 6.92 Å². The van der Waals surface area contributed by atoms with E-state index in [4.69, 9.17) is 0 Å². The normalized spacial score (nSPS) is 11.2. The molecule has 2 aromatic heterocycles. The minimum Gasteiger partial charge on any atom is -0.368 e. The summed E-state index contributed by atoms with van der Waals surface area (Å²) < 4.78 is 0. The van der Waals surface area contributed by atoms with Crippen LogP contribution in [-0.2, 0) is 0 Å². The third-order valence-electron chi connectivity index (χ3n) is 2.41. The van der Waals surface area contributed by atoms with Gasteiger partial charge < -0.3 is 10.2 Å². The number of rotatable bonds is 4. The van der Waals surface area contributed by atoms with E-state index in [-0.39, 0.29) is 0 Å². The summed E-state index contributed by atoms with van der Waals surface area (Å²) in [6.45, 7) is 3.99. The molecule has 0 aliphatic heterocycles. The van der Waals surface area contributed by atoms with E-state index in [1.807, 2.05) is 0 Å². The first kappa shape index (κ1) is 11.3. The third kappa shape index (κ3) is 2.31. The van der Waals surface area contributed by atoms with Gasteiger partial charge in [0.15, 0.2) is 0 Å². The maximum absolute atomic E-state index is 4.30. The molecular formula is C11H16N4S. The lowest BCUT2D eigenvalue weighted by molar-refractivity contribution is 0.425. The highest BCUT2D eigenvalue weighted by molar-refractivity contribution is 7.17. The van der Waals surface area contributed by atoms with E-state index in [0.29, 0.717) is 0 Å². The molecule has 0 fully saturated rings. The lowest BCUT2D eigenvalue weighted by Crippen LogP contribution is -2.21. The molecule has 0 aliphatic rings. The van der Waals surface area contributed by atoms with Gasteiger partial charge in [-0.3, -0.25) is 0 Å². The van der Waals surface area contributed by atoms with E-state index in [0.717, 1.165) is 29.1 Å². The molecule has 0 saturated carbocycles. The first-order valence-electron chi connectivity index (χ1n) is 5.26. The quantitative estimate of drug-likeness (QED) is 0.881. The smallest absolute Gasteiger partial charge is 0.138 e. The number of fused-ring (bicyclic) bond motifs is 1. The molecule has 5 heteroatoms. The number of nitrogens with one attached hydrogen (secondary N) is 1. The predicted molar refractivity (Wildman–Crippen MR) is 69.2 cm³/mol. The summed E-state index contributed by atoms with van der Waals surface area (Å²) >= 11 is 1.67. The molecule has 0 aliphatic carbocycles. The molecule has 4 nitrogen and oxygen atoms in total. The Bertz CT molecular complexity index is 478. The van der Waals surface area contributed by atoms with E-state index < -0.39 is 0 Å². The van der Waals surface area contributed by atoms with E-state index >= 15 is 0 Å². The Kier molecular flexibility index (Phi) is 3.36. The Hall–Kier alpha value is -1.20. The molecule has 0 atom stereocenters. The van der Waals surface area contributed by atoms with E-state index in [2.05, 4.69) is 46.6 Å². The molecule has 2 rings (SSSR count). The van der Waals surface area contributed by atoms with Crippen LogP contribution in [0.1, 0.15) is 5.56 Å². The fourth-order valence-corrected chi connectivity index (χ4v) is 2.44. The maximum Gasteiger partial charge on any atom is 0.138 e. The van der Waals surface area contributed by atoms with Gasteiger partial charge in [0, 0.05) is 13.1 Å². The van der Waals surface area contributed by atoms with Gasteiger partial charge in [0.2, 0.25) is 0 Å². The van der Waals surface area contributed by atoms with Crippen molar-refractivity contribution in [2.24, 2.45) is 0 Å². The monoisotopic (exact) mass is 236 g/mol. The summed E-state index contributed by atoms with van der Waals surface area (Å²) in [4.78, 5) is 11.8. The Morgan fingerprint density at radius 1 is 1.38 bits per heavy atom. The van der Waals surface area contributed by atoms with E-state index in [9.17, 15) is 0 Å². The summed E-state index contributed by atoms with van der Waals surface area (Å²) in [5.74, 6) is 0.950. The van der Waals surface area contributed by atoms with Crippen LogP contribution in [0, 0.1) is 6.92 Å². The van der Waals surface area contributed by atoms with Crippen molar-refractivity contribution in [1.82, 2.24) is 14.9 Å². The predicted octanol–water partition coefficient (Wildman–Crippen LogP) is 1.97.